The fourth-order valence-corrected chi connectivity index (χ4v) is 4.47. The monoisotopic (exact) mass is 409 g/mol. The molecule has 5 rings (SSSR count). The number of rotatable bonds is 3. The number of fused-ring (bicyclic) bond motifs is 1. The highest BCUT2D eigenvalue weighted by Gasteiger charge is 2.33. The van der Waals surface area contributed by atoms with Gasteiger partial charge in [0.25, 0.3) is 11.5 Å². The van der Waals surface area contributed by atoms with E-state index in [-0.39, 0.29) is 29.4 Å². The summed E-state index contributed by atoms with van der Waals surface area (Å²) in [5.74, 6) is 0.402. The molecule has 0 bridgehead atoms. The first-order valence-corrected chi connectivity index (χ1v) is 10.2. The molecule has 0 saturated carbocycles. The number of aromatic amines is 1. The van der Waals surface area contributed by atoms with Crippen LogP contribution in [-0.2, 0) is 4.79 Å². The second-order valence-corrected chi connectivity index (χ2v) is 7.89. The lowest BCUT2D eigenvalue weighted by atomic mass is 10.0. The van der Waals surface area contributed by atoms with Crippen molar-refractivity contribution in [3.63, 3.8) is 0 Å². The first kappa shape index (κ1) is 18.6. The first-order chi connectivity index (χ1) is 14.5. The van der Waals surface area contributed by atoms with Gasteiger partial charge >= 0.3 is 0 Å². The number of likely N-dealkylation sites (tertiary alicyclic amines) is 2. The molecule has 2 aliphatic rings. The van der Waals surface area contributed by atoms with Crippen molar-refractivity contribution in [2.45, 2.75) is 38.6 Å². The van der Waals surface area contributed by atoms with Crippen LogP contribution in [0.2, 0.25) is 0 Å². The van der Waals surface area contributed by atoms with E-state index in [9.17, 15) is 14.4 Å². The molecule has 30 heavy (non-hydrogen) atoms. The van der Waals surface area contributed by atoms with Gasteiger partial charge in [-0.3, -0.25) is 19.4 Å². The summed E-state index contributed by atoms with van der Waals surface area (Å²) in [5.41, 5.74) is 1.28. The minimum Gasteiger partial charge on any atom is -0.340 e. The predicted molar refractivity (Wildman–Crippen MR) is 108 cm³/mol. The van der Waals surface area contributed by atoms with Gasteiger partial charge in [-0.25, -0.2) is 9.20 Å². The SMILES string of the molecule is Cc1c(C(=O)N2CCC(N3CCCC3=O)CC2)cnn1-c1nn2cccc2c(=O)[nH]1. The normalized spacial score (nSPS) is 18.0. The van der Waals surface area contributed by atoms with Crippen molar-refractivity contribution in [1.82, 2.24) is 34.2 Å². The van der Waals surface area contributed by atoms with Crippen LogP contribution in [0.25, 0.3) is 11.5 Å². The minimum atomic E-state index is -0.272. The quantitative estimate of drug-likeness (QED) is 0.687. The van der Waals surface area contributed by atoms with E-state index in [1.807, 2.05) is 9.80 Å². The Morgan fingerprint density at radius 2 is 2.00 bits per heavy atom. The van der Waals surface area contributed by atoms with E-state index in [0.29, 0.717) is 36.3 Å². The standard InChI is InChI=1S/C20H23N7O3/c1-13-15(12-21-27(13)20-22-18(29)16-4-2-9-26(16)23-20)19(30)24-10-6-14(7-11-24)25-8-3-5-17(25)28/h2,4,9,12,14H,3,5-8,10-11H2,1H3,(H,22,23,29). The van der Waals surface area contributed by atoms with E-state index < -0.39 is 0 Å². The zero-order valence-electron chi connectivity index (χ0n) is 16.7. The van der Waals surface area contributed by atoms with Gasteiger partial charge in [0, 0.05) is 38.3 Å². The number of hydrogen-bond acceptors (Lipinski definition) is 5. The zero-order chi connectivity index (χ0) is 20.8. The summed E-state index contributed by atoms with van der Waals surface area (Å²) in [6.07, 6.45) is 6.37. The lowest BCUT2D eigenvalue weighted by Gasteiger charge is -2.36. The van der Waals surface area contributed by atoms with E-state index in [1.54, 1.807) is 25.3 Å². The van der Waals surface area contributed by atoms with Crippen molar-refractivity contribution in [3.8, 4) is 5.95 Å². The van der Waals surface area contributed by atoms with Gasteiger partial charge in [0.1, 0.15) is 5.52 Å². The second-order valence-electron chi connectivity index (χ2n) is 7.89. The van der Waals surface area contributed by atoms with Gasteiger partial charge < -0.3 is 9.80 Å². The molecule has 0 aromatic carbocycles. The molecule has 2 fully saturated rings. The molecule has 3 aromatic rings. The van der Waals surface area contributed by atoms with Crippen LogP contribution >= 0.6 is 0 Å². The van der Waals surface area contributed by atoms with Crippen LogP contribution in [0.5, 0.6) is 0 Å². The summed E-state index contributed by atoms with van der Waals surface area (Å²) in [4.78, 5) is 43.8. The lowest BCUT2D eigenvalue weighted by Crippen LogP contribution is -2.47. The summed E-state index contributed by atoms with van der Waals surface area (Å²) in [5, 5.41) is 8.67. The topological polar surface area (TPSA) is 109 Å². The Balaban J connectivity index is 1.34. The van der Waals surface area contributed by atoms with E-state index in [4.69, 9.17) is 0 Å². The summed E-state index contributed by atoms with van der Waals surface area (Å²) in [7, 11) is 0. The van der Waals surface area contributed by atoms with Crippen molar-refractivity contribution in [2.75, 3.05) is 19.6 Å². The average Bonchev–Trinajstić information content (AvgIpc) is 3.47. The third-order valence-electron chi connectivity index (χ3n) is 6.13. The van der Waals surface area contributed by atoms with Crippen molar-refractivity contribution in [1.29, 1.82) is 0 Å². The second kappa shape index (κ2) is 7.12. The highest BCUT2D eigenvalue weighted by molar-refractivity contribution is 5.95. The smallest absolute Gasteiger partial charge is 0.276 e. The molecular formula is C20H23N7O3. The van der Waals surface area contributed by atoms with Crippen LogP contribution in [0.4, 0.5) is 0 Å². The third kappa shape index (κ3) is 2.99. The Hall–Kier alpha value is -3.43. The van der Waals surface area contributed by atoms with Crippen LogP contribution in [0.1, 0.15) is 41.7 Å². The summed E-state index contributed by atoms with van der Waals surface area (Å²) in [6.45, 7) is 3.85. The highest BCUT2D eigenvalue weighted by Crippen LogP contribution is 2.23. The molecule has 2 saturated heterocycles. The Kier molecular flexibility index (Phi) is 4.41. The number of nitrogens with one attached hydrogen (secondary N) is 1. The number of H-pyrrole nitrogens is 1. The summed E-state index contributed by atoms with van der Waals surface area (Å²) >= 11 is 0. The number of piperidine rings is 1. The Labute approximate surface area is 172 Å². The van der Waals surface area contributed by atoms with Gasteiger partial charge in [0.05, 0.1) is 17.5 Å². The molecular weight excluding hydrogens is 386 g/mol. The molecule has 0 aliphatic carbocycles. The van der Waals surface area contributed by atoms with Crippen LogP contribution < -0.4 is 5.56 Å². The van der Waals surface area contributed by atoms with E-state index in [2.05, 4.69) is 15.2 Å². The highest BCUT2D eigenvalue weighted by atomic mass is 16.2. The van der Waals surface area contributed by atoms with Gasteiger partial charge in [-0.05, 0) is 38.3 Å². The number of aromatic nitrogens is 5. The van der Waals surface area contributed by atoms with Crippen LogP contribution in [-0.4, -0.2) is 71.7 Å². The molecule has 0 unspecified atom stereocenters. The molecule has 0 radical (unpaired) electrons. The van der Waals surface area contributed by atoms with Crippen molar-refractivity contribution < 1.29 is 9.59 Å². The first-order valence-electron chi connectivity index (χ1n) is 10.2. The molecule has 5 heterocycles. The van der Waals surface area contributed by atoms with Crippen molar-refractivity contribution >= 4 is 17.3 Å². The van der Waals surface area contributed by atoms with Crippen LogP contribution in [0, 0.1) is 6.92 Å². The third-order valence-corrected chi connectivity index (χ3v) is 6.13. The number of amides is 2. The predicted octanol–water partition coefficient (Wildman–Crippen LogP) is 0.744. The fourth-order valence-electron chi connectivity index (χ4n) is 4.47. The largest absolute Gasteiger partial charge is 0.340 e. The van der Waals surface area contributed by atoms with Gasteiger partial charge in [-0.15, -0.1) is 5.10 Å². The zero-order valence-corrected chi connectivity index (χ0v) is 16.7. The molecule has 156 valence electrons. The number of nitrogens with zero attached hydrogens (tertiary/aromatic N) is 6. The minimum absolute atomic E-state index is 0.0886. The van der Waals surface area contributed by atoms with E-state index in [0.717, 1.165) is 25.8 Å². The molecule has 3 aromatic heterocycles. The fraction of sp³-hybridized carbons (Fsp3) is 0.450. The van der Waals surface area contributed by atoms with Crippen molar-refractivity contribution in [2.24, 2.45) is 0 Å². The van der Waals surface area contributed by atoms with Crippen molar-refractivity contribution in [3.05, 3.63) is 46.1 Å². The molecule has 2 amide bonds. The molecule has 10 heteroatoms. The van der Waals surface area contributed by atoms with Crippen LogP contribution in [0.15, 0.2) is 29.3 Å². The van der Waals surface area contributed by atoms with Gasteiger partial charge in [0.15, 0.2) is 0 Å². The van der Waals surface area contributed by atoms with Crippen LogP contribution in [0.3, 0.4) is 0 Å². The Bertz CT molecular complexity index is 1180. The molecule has 1 N–H and O–H groups in total. The maximum absolute atomic E-state index is 13.1. The van der Waals surface area contributed by atoms with Gasteiger partial charge in [-0.2, -0.15) is 5.10 Å². The maximum Gasteiger partial charge on any atom is 0.276 e. The maximum atomic E-state index is 13.1. The van der Waals surface area contributed by atoms with E-state index in [1.165, 1.54) is 15.4 Å². The molecule has 10 nitrogen and oxygen atoms in total. The Morgan fingerprint density at radius 3 is 2.73 bits per heavy atom. The summed E-state index contributed by atoms with van der Waals surface area (Å²) in [6, 6.07) is 3.65. The Morgan fingerprint density at radius 1 is 1.20 bits per heavy atom. The molecule has 0 spiro atoms. The van der Waals surface area contributed by atoms with E-state index >= 15 is 0 Å². The number of hydrogen-bond donors (Lipinski definition) is 1. The van der Waals surface area contributed by atoms with Gasteiger partial charge in [-0.1, -0.05) is 0 Å². The van der Waals surface area contributed by atoms with Gasteiger partial charge in [0.2, 0.25) is 11.9 Å². The number of carbonyl (C=O) groups is 2. The lowest BCUT2D eigenvalue weighted by molar-refractivity contribution is -0.130. The average molecular weight is 409 g/mol. The molecule has 2 aliphatic heterocycles. The summed E-state index contributed by atoms with van der Waals surface area (Å²) < 4.78 is 2.96. The number of carbonyl (C=O) groups excluding carboxylic acids is 2. The molecule has 0 atom stereocenters.